The van der Waals surface area contributed by atoms with Crippen molar-refractivity contribution in [3.8, 4) is 0 Å². The zero-order chi connectivity index (χ0) is 13.1. The van der Waals surface area contributed by atoms with Gasteiger partial charge in [0.2, 0.25) is 5.91 Å². The highest BCUT2D eigenvalue weighted by molar-refractivity contribution is 6.01. The van der Waals surface area contributed by atoms with Gasteiger partial charge in [0, 0.05) is 12.1 Å². The van der Waals surface area contributed by atoms with Crippen molar-refractivity contribution in [2.24, 2.45) is 0 Å². The second-order valence-corrected chi connectivity index (χ2v) is 3.76. The molecule has 6 heteroatoms. The molecule has 0 aliphatic carbocycles. The summed E-state index contributed by atoms with van der Waals surface area (Å²) in [7, 11) is 0. The summed E-state index contributed by atoms with van der Waals surface area (Å²) >= 11 is 0. The van der Waals surface area contributed by atoms with E-state index in [9.17, 15) is 9.59 Å². The first-order valence-electron chi connectivity index (χ1n) is 5.49. The molecule has 1 aromatic heterocycles. The number of nitrogens with zero attached hydrogens (tertiary/aromatic N) is 1. The number of aryl methyl sites for hydroxylation is 1. The number of rotatable bonds is 4. The van der Waals surface area contributed by atoms with Crippen LogP contribution in [-0.2, 0) is 16.0 Å². The van der Waals surface area contributed by atoms with Crippen molar-refractivity contribution in [1.29, 1.82) is 0 Å². The quantitative estimate of drug-likeness (QED) is 0.805. The molecule has 18 heavy (non-hydrogen) atoms. The fourth-order valence-electron chi connectivity index (χ4n) is 1.55. The Bertz CT molecular complexity index is 603. The van der Waals surface area contributed by atoms with Crippen LogP contribution in [0.5, 0.6) is 0 Å². The molecule has 0 atom stereocenters. The number of anilines is 1. The van der Waals surface area contributed by atoms with Crippen molar-refractivity contribution >= 4 is 28.7 Å². The van der Waals surface area contributed by atoms with Crippen molar-refractivity contribution in [3.63, 3.8) is 0 Å². The molecular weight excluding hydrogens is 236 g/mol. The number of nitrogens with one attached hydrogen (secondary N) is 1. The molecule has 6 nitrogen and oxygen atoms in total. The zero-order valence-electron chi connectivity index (χ0n) is 9.77. The molecule has 0 saturated carbocycles. The summed E-state index contributed by atoms with van der Waals surface area (Å²) in [4.78, 5) is 25.9. The summed E-state index contributed by atoms with van der Waals surface area (Å²) in [6.07, 6.45) is 0.131. The predicted octanol–water partition coefficient (Wildman–Crippen LogP) is 1.80. The van der Waals surface area contributed by atoms with E-state index >= 15 is 0 Å². The molecule has 0 saturated heterocycles. The normalized spacial score (nSPS) is 10.5. The average Bonchev–Trinajstić information content (AvgIpc) is 2.69. The van der Waals surface area contributed by atoms with Crippen molar-refractivity contribution < 1.29 is 19.1 Å². The molecular formula is C12H12N2O4. The van der Waals surface area contributed by atoms with E-state index in [1.165, 1.54) is 0 Å². The van der Waals surface area contributed by atoms with Gasteiger partial charge in [0.25, 0.3) is 0 Å². The maximum atomic E-state index is 11.3. The Morgan fingerprint density at radius 3 is 2.89 bits per heavy atom. The van der Waals surface area contributed by atoms with E-state index in [0.717, 1.165) is 0 Å². The minimum absolute atomic E-state index is 0.504. The van der Waals surface area contributed by atoms with E-state index in [-0.39, 0.29) is 0 Å². The van der Waals surface area contributed by atoms with Gasteiger partial charge in [0.1, 0.15) is 11.9 Å². The third-order valence-electron chi connectivity index (χ3n) is 2.33. The first-order valence-corrected chi connectivity index (χ1v) is 5.49. The Morgan fingerprint density at radius 2 is 2.22 bits per heavy atom. The monoisotopic (exact) mass is 248 g/mol. The van der Waals surface area contributed by atoms with Gasteiger partial charge in [-0.1, -0.05) is 6.92 Å². The maximum absolute atomic E-state index is 11.3. The lowest BCUT2D eigenvalue weighted by Gasteiger charge is -2.02. The van der Waals surface area contributed by atoms with Gasteiger partial charge in [-0.25, -0.2) is 4.98 Å². The molecule has 0 aliphatic rings. The molecule has 0 unspecified atom stereocenters. The molecule has 94 valence electrons. The van der Waals surface area contributed by atoms with Crippen LogP contribution in [0, 0.1) is 0 Å². The Balaban J connectivity index is 2.19. The number of aromatic nitrogens is 1. The molecule has 0 spiro atoms. The van der Waals surface area contributed by atoms with Gasteiger partial charge >= 0.3 is 5.97 Å². The maximum Gasteiger partial charge on any atom is 0.312 e. The van der Waals surface area contributed by atoms with Crippen LogP contribution in [-0.4, -0.2) is 22.0 Å². The second kappa shape index (κ2) is 4.87. The number of hydrogen-bond acceptors (Lipinski definition) is 4. The summed E-state index contributed by atoms with van der Waals surface area (Å²) in [5.74, 6) is -1.11. The zero-order valence-corrected chi connectivity index (χ0v) is 9.77. The minimum atomic E-state index is -1.16. The molecule has 0 aliphatic heterocycles. The second-order valence-electron chi connectivity index (χ2n) is 3.76. The first kappa shape index (κ1) is 12.1. The molecule has 0 radical (unpaired) electrons. The number of hydrogen-bond donors (Lipinski definition) is 2. The highest BCUT2D eigenvalue weighted by atomic mass is 16.4. The lowest BCUT2D eigenvalue weighted by molar-refractivity contribution is -0.139. The van der Waals surface area contributed by atoms with Crippen molar-refractivity contribution in [2.75, 3.05) is 5.32 Å². The molecule has 1 heterocycles. The van der Waals surface area contributed by atoms with Gasteiger partial charge in [-0.2, -0.15) is 0 Å². The Morgan fingerprint density at radius 1 is 1.44 bits per heavy atom. The van der Waals surface area contributed by atoms with Crippen LogP contribution in [0.1, 0.15) is 19.2 Å². The van der Waals surface area contributed by atoms with Gasteiger partial charge in [-0.05, 0) is 18.2 Å². The first-order chi connectivity index (χ1) is 8.58. The van der Waals surface area contributed by atoms with Gasteiger partial charge in [0.15, 0.2) is 11.5 Å². The number of carboxylic acids is 1. The van der Waals surface area contributed by atoms with Crippen LogP contribution < -0.4 is 5.32 Å². The van der Waals surface area contributed by atoms with Gasteiger partial charge in [0.05, 0.1) is 0 Å². The fourth-order valence-corrected chi connectivity index (χ4v) is 1.55. The van der Waals surface area contributed by atoms with Gasteiger partial charge in [-0.15, -0.1) is 0 Å². The Hall–Kier alpha value is -2.37. The topological polar surface area (TPSA) is 92.4 Å². The van der Waals surface area contributed by atoms with Gasteiger partial charge in [-0.3, -0.25) is 9.59 Å². The number of carbonyl (C=O) groups excluding carboxylic acids is 1. The van der Waals surface area contributed by atoms with E-state index in [0.29, 0.717) is 29.1 Å². The number of fused-ring (bicyclic) bond motifs is 1. The Kier molecular flexibility index (Phi) is 3.27. The van der Waals surface area contributed by atoms with E-state index in [1.54, 1.807) is 18.2 Å². The summed E-state index contributed by atoms with van der Waals surface area (Å²) in [5, 5.41) is 11.0. The molecule has 1 aromatic carbocycles. The molecule has 2 N–H and O–H groups in total. The van der Waals surface area contributed by atoms with Crippen molar-refractivity contribution in [3.05, 3.63) is 24.1 Å². The summed E-state index contributed by atoms with van der Waals surface area (Å²) in [6.45, 7) is 1.93. The van der Waals surface area contributed by atoms with Crippen molar-refractivity contribution in [1.82, 2.24) is 4.98 Å². The van der Waals surface area contributed by atoms with Crippen LogP contribution >= 0.6 is 0 Å². The standard InChI is InChI=1S/C12H12N2O4/c1-2-11-14-8-5-7(3-4-9(8)18-11)13-10(15)6-12(16)17/h3-5H,2,6H2,1H3,(H,13,15)(H,16,17). The molecule has 0 fully saturated rings. The smallest absolute Gasteiger partial charge is 0.312 e. The summed E-state index contributed by atoms with van der Waals surface area (Å²) in [5.41, 5.74) is 1.78. The van der Waals surface area contributed by atoms with Crippen LogP contribution in [0.15, 0.2) is 22.6 Å². The minimum Gasteiger partial charge on any atom is -0.481 e. The number of aliphatic carboxylic acids is 1. The molecule has 2 aromatic rings. The van der Waals surface area contributed by atoms with Gasteiger partial charge < -0.3 is 14.8 Å². The third kappa shape index (κ3) is 2.65. The molecule has 1 amide bonds. The lowest BCUT2D eigenvalue weighted by Crippen LogP contribution is -2.15. The van der Waals surface area contributed by atoms with Crippen LogP contribution in [0.4, 0.5) is 5.69 Å². The summed E-state index contributed by atoms with van der Waals surface area (Å²) in [6, 6.07) is 4.99. The highest BCUT2D eigenvalue weighted by Crippen LogP contribution is 2.20. The third-order valence-corrected chi connectivity index (χ3v) is 2.33. The highest BCUT2D eigenvalue weighted by Gasteiger charge is 2.09. The fraction of sp³-hybridized carbons (Fsp3) is 0.250. The van der Waals surface area contributed by atoms with E-state index in [1.807, 2.05) is 6.92 Å². The Labute approximate surface area is 103 Å². The van der Waals surface area contributed by atoms with Crippen molar-refractivity contribution in [2.45, 2.75) is 19.8 Å². The number of oxazole rings is 1. The van der Waals surface area contributed by atoms with E-state index in [4.69, 9.17) is 9.52 Å². The van der Waals surface area contributed by atoms with E-state index in [2.05, 4.69) is 10.3 Å². The molecule has 0 bridgehead atoms. The van der Waals surface area contributed by atoms with E-state index < -0.39 is 18.3 Å². The van der Waals surface area contributed by atoms with Crippen LogP contribution in [0.25, 0.3) is 11.1 Å². The predicted molar refractivity (Wildman–Crippen MR) is 64.3 cm³/mol. The number of amides is 1. The number of carboxylic acid groups (broad SMARTS) is 1. The largest absolute Gasteiger partial charge is 0.481 e. The van der Waals surface area contributed by atoms with Crippen LogP contribution in [0.3, 0.4) is 0 Å². The molecule has 2 rings (SSSR count). The number of benzene rings is 1. The number of carbonyl (C=O) groups is 2. The SMILES string of the molecule is CCc1nc2cc(NC(=O)CC(=O)O)ccc2o1. The van der Waals surface area contributed by atoms with Crippen LogP contribution in [0.2, 0.25) is 0 Å². The average molecular weight is 248 g/mol. The summed E-state index contributed by atoms with van der Waals surface area (Å²) < 4.78 is 5.42. The lowest BCUT2D eigenvalue weighted by atomic mass is 10.2.